The molecule has 0 atom stereocenters. The second-order valence-corrected chi connectivity index (χ2v) is 7.01. The lowest BCUT2D eigenvalue weighted by molar-refractivity contribution is -0.134. The number of ether oxygens (including phenoxy) is 1. The fourth-order valence-corrected chi connectivity index (χ4v) is 3.14. The normalized spacial score (nSPS) is 18.0. The Morgan fingerprint density at radius 2 is 1.71 bits per heavy atom. The van der Waals surface area contributed by atoms with Crippen molar-refractivity contribution in [3.63, 3.8) is 0 Å². The largest absolute Gasteiger partial charge is 0.496 e. The van der Waals surface area contributed by atoms with Gasteiger partial charge in [0.25, 0.3) is 5.91 Å². The van der Waals surface area contributed by atoms with Crippen molar-refractivity contribution in [3.05, 3.63) is 29.3 Å². The first-order valence-electron chi connectivity index (χ1n) is 8.77. The molecule has 1 aromatic carbocycles. The Morgan fingerprint density at radius 1 is 1.08 bits per heavy atom. The molecular weight excluding hydrogens is 304 g/mol. The summed E-state index contributed by atoms with van der Waals surface area (Å²) in [6, 6.07) is 5.81. The third-order valence-electron chi connectivity index (χ3n) is 4.93. The number of hydrogen-bond donors (Lipinski definition) is 0. The van der Waals surface area contributed by atoms with Crippen LogP contribution in [-0.2, 0) is 4.79 Å². The van der Waals surface area contributed by atoms with E-state index in [0.29, 0.717) is 43.4 Å². The van der Waals surface area contributed by atoms with Gasteiger partial charge in [-0.15, -0.1) is 0 Å². The van der Waals surface area contributed by atoms with Gasteiger partial charge in [-0.05, 0) is 36.5 Å². The molecule has 0 bridgehead atoms. The smallest absolute Gasteiger partial charge is 0.257 e. The monoisotopic (exact) mass is 330 g/mol. The van der Waals surface area contributed by atoms with Gasteiger partial charge in [0, 0.05) is 32.1 Å². The van der Waals surface area contributed by atoms with E-state index < -0.39 is 0 Å². The van der Waals surface area contributed by atoms with Gasteiger partial charge in [0.05, 0.1) is 12.7 Å². The van der Waals surface area contributed by atoms with Gasteiger partial charge in [-0.25, -0.2) is 0 Å². The highest BCUT2D eigenvalue weighted by Gasteiger charge is 2.35. The molecule has 3 rings (SSSR count). The highest BCUT2D eigenvalue weighted by atomic mass is 16.5. The zero-order valence-corrected chi connectivity index (χ0v) is 14.7. The van der Waals surface area contributed by atoms with Gasteiger partial charge in [0.1, 0.15) is 5.75 Å². The maximum Gasteiger partial charge on any atom is 0.257 e. The van der Waals surface area contributed by atoms with Gasteiger partial charge < -0.3 is 14.5 Å². The van der Waals surface area contributed by atoms with E-state index in [1.165, 1.54) is 0 Å². The van der Waals surface area contributed by atoms with E-state index in [9.17, 15) is 9.59 Å². The van der Waals surface area contributed by atoms with Crippen molar-refractivity contribution in [2.75, 3.05) is 33.3 Å². The Balaban J connectivity index is 1.70. The van der Waals surface area contributed by atoms with E-state index in [4.69, 9.17) is 4.74 Å². The summed E-state index contributed by atoms with van der Waals surface area (Å²) in [5.41, 5.74) is 1.74. The number of rotatable bonds is 4. The zero-order valence-electron chi connectivity index (χ0n) is 14.7. The lowest BCUT2D eigenvalue weighted by Crippen LogP contribution is -2.51. The SMILES string of the molecule is COc1ccc(C(C)C)cc1C(=O)N1CCN(C(=O)C2CC2)CC1. The van der Waals surface area contributed by atoms with Crippen LogP contribution in [0.5, 0.6) is 5.75 Å². The maximum absolute atomic E-state index is 12.9. The summed E-state index contributed by atoms with van der Waals surface area (Å²) in [5, 5.41) is 0. The summed E-state index contributed by atoms with van der Waals surface area (Å²) in [4.78, 5) is 28.8. The number of piperazine rings is 1. The molecule has 1 saturated carbocycles. The minimum atomic E-state index is -0.00660. The Kier molecular flexibility index (Phi) is 4.78. The van der Waals surface area contributed by atoms with Gasteiger partial charge in [-0.3, -0.25) is 9.59 Å². The van der Waals surface area contributed by atoms with Gasteiger partial charge >= 0.3 is 0 Å². The minimum Gasteiger partial charge on any atom is -0.496 e. The Hall–Kier alpha value is -2.04. The maximum atomic E-state index is 12.9. The lowest BCUT2D eigenvalue weighted by Gasteiger charge is -2.35. The topological polar surface area (TPSA) is 49.9 Å². The number of benzene rings is 1. The molecule has 0 spiro atoms. The molecule has 2 aliphatic rings. The fraction of sp³-hybridized carbons (Fsp3) is 0.579. The van der Waals surface area contributed by atoms with Gasteiger partial charge in [-0.2, -0.15) is 0 Å². The average molecular weight is 330 g/mol. The number of nitrogens with zero attached hydrogens (tertiary/aromatic N) is 2. The molecule has 1 aliphatic heterocycles. The number of carbonyl (C=O) groups excluding carboxylic acids is 2. The Bertz CT molecular complexity index is 629. The van der Waals surface area contributed by atoms with Crippen LogP contribution >= 0.6 is 0 Å². The van der Waals surface area contributed by atoms with E-state index in [1.807, 2.05) is 28.0 Å². The Morgan fingerprint density at radius 3 is 2.25 bits per heavy atom. The number of amides is 2. The summed E-state index contributed by atoms with van der Waals surface area (Å²) >= 11 is 0. The molecule has 1 heterocycles. The predicted octanol–water partition coefficient (Wildman–Crippen LogP) is 2.51. The zero-order chi connectivity index (χ0) is 17.3. The standard InChI is InChI=1S/C19H26N2O3/c1-13(2)15-6-7-17(24-3)16(12-15)19(23)21-10-8-20(9-11-21)18(22)14-4-5-14/h6-7,12-14H,4-5,8-11H2,1-3H3. The van der Waals surface area contributed by atoms with Crippen LogP contribution in [0, 0.1) is 5.92 Å². The molecular formula is C19H26N2O3. The van der Waals surface area contributed by atoms with Gasteiger partial charge in [0.15, 0.2) is 0 Å². The summed E-state index contributed by atoms with van der Waals surface area (Å²) in [7, 11) is 1.59. The van der Waals surface area contributed by atoms with Crippen LogP contribution in [0.2, 0.25) is 0 Å². The van der Waals surface area contributed by atoms with Crippen molar-refractivity contribution in [2.24, 2.45) is 5.92 Å². The highest BCUT2D eigenvalue weighted by Crippen LogP contribution is 2.31. The van der Waals surface area contributed by atoms with Crippen LogP contribution in [0.4, 0.5) is 0 Å². The average Bonchev–Trinajstić information content (AvgIpc) is 3.45. The molecule has 1 aromatic rings. The Labute approximate surface area is 143 Å². The summed E-state index contributed by atoms with van der Waals surface area (Å²) in [6.07, 6.45) is 2.05. The molecule has 0 N–H and O–H groups in total. The molecule has 1 saturated heterocycles. The van der Waals surface area contributed by atoms with Crippen LogP contribution in [0.25, 0.3) is 0 Å². The van der Waals surface area contributed by atoms with Crippen LogP contribution in [0.3, 0.4) is 0 Å². The first-order valence-corrected chi connectivity index (χ1v) is 8.77. The van der Waals surface area contributed by atoms with Gasteiger partial charge in [-0.1, -0.05) is 19.9 Å². The third kappa shape index (κ3) is 3.40. The van der Waals surface area contributed by atoms with Crippen molar-refractivity contribution < 1.29 is 14.3 Å². The van der Waals surface area contributed by atoms with E-state index in [2.05, 4.69) is 13.8 Å². The number of carbonyl (C=O) groups is 2. The minimum absolute atomic E-state index is 0.00660. The lowest BCUT2D eigenvalue weighted by atomic mass is 9.99. The first-order chi connectivity index (χ1) is 11.5. The van der Waals surface area contributed by atoms with Crippen molar-refractivity contribution >= 4 is 11.8 Å². The molecule has 5 heteroatoms. The number of methoxy groups -OCH3 is 1. The summed E-state index contributed by atoms with van der Waals surface area (Å²) < 4.78 is 5.38. The van der Waals surface area contributed by atoms with Crippen molar-refractivity contribution in [1.29, 1.82) is 0 Å². The molecule has 130 valence electrons. The quantitative estimate of drug-likeness (QED) is 0.852. The van der Waals surface area contributed by atoms with Crippen LogP contribution in [0.15, 0.2) is 18.2 Å². The molecule has 0 radical (unpaired) electrons. The van der Waals surface area contributed by atoms with Gasteiger partial charge in [0.2, 0.25) is 5.91 Å². The molecule has 2 amide bonds. The van der Waals surface area contributed by atoms with E-state index in [0.717, 1.165) is 18.4 Å². The molecule has 0 aromatic heterocycles. The molecule has 0 unspecified atom stereocenters. The highest BCUT2D eigenvalue weighted by molar-refractivity contribution is 5.97. The fourth-order valence-electron chi connectivity index (χ4n) is 3.14. The second-order valence-electron chi connectivity index (χ2n) is 7.01. The van der Waals surface area contributed by atoms with Crippen molar-refractivity contribution in [3.8, 4) is 5.75 Å². The van der Waals surface area contributed by atoms with E-state index in [-0.39, 0.29) is 17.7 Å². The molecule has 5 nitrogen and oxygen atoms in total. The molecule has 24 heavy (non-hydrogen) atoms. The van der Waals surface area contributed by atoms with E-state index in [1.54, 1.807) is 7.11 Å². The summed E-state index contributed by atoms with van der Waals surface area (Å²) in [5.74, 6) is 1.47. The predicted molar refractivity (Wildman–Crippen MR) is 92.3 cm³/mol. The summed E-state index contributed by atoms with van der Waals surface area (Å²) in [6.45, 7) is 6.66. The van der Waals surface area contributed by atoms with Crippen molar-refractivity contribution in [1.82, 2.24) is 9.80 Å². The van der Waals surface area contributed by atoms with Crippen molar-refractivity contribution in [2.45, 2.75) is 32.6 Å². The molecule has 1 aliphatic carbocycles. The van der Waals surface area contributed by atoms with Crippen LogP contribution < -0.4 is 4.74 Å². The number of hydrogen-bond acceptors (Lipinski definition) is 3. The first kappa shape index (κ1) is 16.8. The van der Waals surface area contributed by atoms with Crippen LogP contribution in [-0.4, -0.2) is 54.9 Å². The molecule has 2 fully saturated rings. The second kappa shape index (κ2) is 6.83. The van der Waals surface area contributed by atoms with Crippen LogP contribution in [0.1, 0.15) is 48.5 Å². The third-order valence-corrected chi connectivity index (χ3v) is 4.93. The van der Waals surface area contributed by atoms with E-state index >= 15 is 0 Å².